The molecule has 5 rings (SSSR count). The smallest absolute Gasteiger partial charge is 0.231 e. The Hall–Kier alpha value is -2.71. The molecule has 1 aliphatic rings. The second-order valence-electron chi connectivity index (χ2n) is 5.94. The molecule has 0 atom stereocenters. The first-order valence-electron chi connectivity index (χ1n) is 8.34. The summed E-state index contributed by atoms with van der Waals surface area (Å²) in [6.07, 6.45) is 1.80. The van der Waals surface area contributed by atoms with Crippen LogP contribution in [0.2, 0.25) is 0 Å². The SMILES string of the molecule is Cc1nc2c(SCc3ccccn3)nnc(-c3ccc4c(c3)OCO4)c2s1. The van der Waals surface area contributed by atoms with Gasteiger partial charge in [0.15, 0.2) is 11.5 Å². The average molecular weight is 394 g/mol. The van der Waals surface area contributed by atoms with Gasteiger partial charge in [0, 0.05) is 17.5 Å². The van der Waals surface area contributed by atoms with E-state index in [9.17, 15) is 0 Å². The molecule has 1 aromatic carbocycles. The molecular formula is C19H14N4O2S2. The number of hydrogen-bond acceptors (Lipinski definition) is 8. The minimum Gasteiger partial charge on any atom is -0.454 e. The van der Waals surface area contributed by atoms with Gasteiger partial charge < -0.3 is 9.47 Å². The highest BCUT2D eigenvalue weighted by molar-refractivity contribution is 7.98. The van der Waals surface area contributed by atoms with E-state index in [0.717, 1.165) is 54.5 Å². The molecule has 1 aliphatic heterocycles. The van der Waals surface area contributed by atoms with Gasteiger partial charge in [-0.25, -0.2) is 4.98 Å². The molecule has 0 saturated carbocycles. The van der Waals surface area contributed by atoms with Gasteiger partial charge >= 0.3 is 0 Å². The minimum absolute atomic E-state index is 0.253. The molecule has 4 heterocycles. The van der Waals surface area contributed by atoms with E-state index in [1.54, 1.807) is 29.3 Å². The average Bonchev–Trinajstić information content (AvgIpc) is 3.32. The van der Waals surface area contributed by atoms with E-state index >= 15 is 0 Å². The molecular weight excluding hydrogens is 380 g/mol. The Morgan fingerprint density at radius 1 is 1.11 bits per heavy atom. The maximum atomic E-state index is 5.50. The Labute approximate surface area is 163 Å². The van der Waals surface area contributed by atoms with Crippen LogP contribution in [-0.4, -0.2) is 27.0 Å². The zero-order valence-corrected chi connectivity index (χ0v) is 16.0. The van der Waals surface area contributed by atoms with Crippen molar-refractivity contribution in [2.45, 2.75) is 17.7 Å². The molecule has 3 aromatic heterocycles. The fourth-order valence-corrected chi connectivity index (χ4v) is 4.71. The Kier molecular flexibility index (Phi) is 4.14. The number of ether oxygens (including phenoxy) is 2. The zero-order valence-electron chi connectivity index (χ0n) is 14.4. The molecule has 0 bridgehead atoms. The minimum atomic E-state index is 0.253. The summed E-state index contributed by atoms with van der Waals surface area (Å²) < 4.78 is 11.9. The molecule has 4 aromatic rings. The fraction of sp³-hybridized carbons (Fsp3) is 0.158. The van der Waals surface area contributed by atoms with Crippen LogP contribution >= 0.6 is 23.1 Å². The summed E-state index contributed by atoms with van der Waals surface area (Å²) in [5, 5.41) is 10.8. The third-order valence-corrected chi connectivity index (χ3v) is 6.09. The molecule has 0 saturated heterocycles. The number of pyridine rings is 1. The van der Waals surface area contributed by atoms with Crippen molar-refractivity contribution in [3.8, 4) is 22.8 Å². The number of fused-ring (bicyclic) bond motifs is 2. The number of nitrogens with zero attached hydrogens (tertiary/aromatic N) is 4. The molecule has 0 amide bonds. The lowest BCUT2D eigenvalue weighted by atomic mass is 10.1. The number of benzene rings is 1. The van der Waals surface area contributed by atoms with Crippen LogP contribution in [0.4, 0.5) is 0 Å². The Bertz CT molecular complexity index is 1130. The summed E-state index contributed by atoms with van der Waals surface area (Å²) in [5.41, 5.74) is 3.66. The highest BCUT2D eigenvalue weighted by atomic mass is 32.2. The highest BCUT2D eigenvalue weighted by Crippen LogP contribution is 2.40. The van der Waals surface area contributed by atoms with Crippen molar-refractivity contribution < 1.29 is 9.47 Å². The normalized spacial score (nSPS) is 12.6. The number of hydrogen-bond donors (Lipinski definition) is 0. The molecule has 8 heteroatoms. The van der Waals surface area contributed by atoms with Gasteiger partial charge in [0.05, 0.1) is 15.4 Å². The second kappa shape index (κ2) is 6.79. The molecule has 0 radical (unpaired) electrons. The fourth-order valence-electron chi connectivity index (χ4n) is 2.88. The van der Waals surface area contributed by atoms with Crippen molar-refractivity contribution in [1.29, 1.82) is 0 Å². The molecule has 6 nitrogen and oxygen atoms in total. The predicted molar refractivity (Wildman–Crippen MR) is 105 cm³/mol. The summed E-state index contributed by atoms with van der Waals surface area (Å²) >= 11 is 3.23. The first-order valence-corrected chi connectivity index (χ1v) is 10.1. The first-order chi connectivity index (χ1) is 13.3. The Morgan fingerprint density at radius 3 is 2.93 bits per heavy atom. The number of rotatable bonds is 4. The number of thioether (sulfide) groups is 1. The lowest BCUT2D eigenvalue weighted by Gasteiger charge is -2.06. The van der Waals surface area contributed by atoms with E-state index in [-0.39, 0.29) is 6.79 Å². The number of aromatic nitrogens is 4. The van der Waals surface area contributed by atoms with Crippen LogP contribution in [-0.2, 0) is 5.75 Å². The van der Waals surface area contributed by atoms with Crippen molar-refractivity contribution in [2.75, 3.05) is 6.79 Å². The summed E-state index contributed by atoms with van der Waals surface area (Å²) in [4.78, 5) is 9.07. The van der Waals surface area contributed by atoms with E-state index in [4.69, 9.17) is 14.5 Å². The van der Waals surface area contributed by atoms with Crippen LogP contribution in [0.25, 0.3) is 21.5 Å². The predicted octanol–water partition coefficient (Wildman–Crippen LogP) is 4.48. The summed E-state index contributed by atoms with van der Waals surface area (Å²) in [7, 11) is 0. The van der Waals surface area contributed by atoms with Gasteiger partial charge in [-0.15, -0.1) is 21.5 Å². The quantitative estimate of drug-likeness (QED) is 0.473. The van der Waals surface area contributed by atoms with Crippen LogP contribution < -0.4 is 9.47 Å². The van der Waals surface area contributed by atoms with Gasteiger partial charge in [0.1, 0.15) is 16.2 Å². The van der Waals surface area contributed by atoms with Crippen molar-refractivity contribution in [3.63, 3.8) is 0 Å². The number of thiazole rings is 1. The molecule has 0 spiro atoms. The molecule has 27 heavy (non-hydrogen) atoms. The van der Waals surface area contributed by atoms with Crippen LogP contribution in [0.15, 0.2) is 47.6 Å². The van der Waals surface area contributed by atoms with Crippen LogP contribution in [0.3, 0.4) is 0 Å². The van der Waals surface area contributed by atoms with Gasteiger partial charge in [-0.2, -0.15) is 0 Å². The van der Waals surface area contributed by atoms with E-state index in [1.165, 1.54) is 0 Å². The first kappa shape index (κ1) is 16.5. The Morgan fingerprint density at radius 2 is 2.04 bits per heavy atom. The van der Waals surface area contributed by atoms with Crippen LogP contribution in [0.1, 0.15) is 10.7 Å². The second-order valence-corrected chi connectivity index (χ2v) is 8.11. The van der Waals surface area contributed by atoms with Crippen molar-refractivity contribution in [2.24, 2.45) is 0 Å². The lowest BCUT2D eigenvalue weighted by molar-refractivity contribution is 0.174. The van der Waals surface area contributed by atoms with E-state index in [0.29, 0.717) is 0 Å². The van der Waals surface area contributed by atoms with Gasteiger partial charge in [-0.1, -0.05) is 17.8 Å². The van der Waals surface area contributed by atoms with Gasteiger partial charge in [0.25, 0.3) is 0 Å². The summed E-state index contributed by atoms with van der Waals surface area (Å²) in [6.45, 7) is 2.25. The third-order valence-electron chi connectivity index (χ3n) is 4.12. The topological polar surface area (TPSA) is 70.0 Å². The molecule has 0 unspecified atom stereocenters. The van der Waals surface area contributed by atoms with E-state index in [2.05, 4.69) is 15.2 Å². The van der Waals surface area contributed by atoms with E-state index < -0.39 is 0 Å². The van der Waals surface area contributed by atoms with Crippen molar-refractivity contribution in [1.82, 2.24) is 20.2 Å². The van der Waals surface area contributed by atoms with Crippen molar-refractivity contribution >= 4 is 33.3 Å². The highest BCUT2D eigenvalue weighted by Gasteiger charge is 2.19. The van der Waals surface area contributed by atoms with Crippen molar-refractivity contribution in [3.05, 3.63) is 53.3 Å². The monoisotopic (exact) mass is 394 g/mol. The van der Waals surface area contributed by atoms with Gasteiger partial charge in [-0.3, -0.25) is 4.98 Å². The number of aryl methyl sites for hydroxylation is 1. The third kappa shape index (κ3) is 3.11. The molecule has 0 fully saturated rings. The maximum absolute atomic E-state index is 5.50. The van der Waals surface area contributed by atoms with E-state index in [1.807, 2.05) is 43.3 Å². The maximum Gasteiger partial charge on any atom is 0.231 e. The molecule has 0 aliphatic carbocycles. The lowest BCUT2D eigenvalue weighted by Crippen LogP contribution is -1.94. The standard InChI is InChI=1S/C19H14N4O2S2/c1-11-21-17-18(27-11)16(12-5-6-14-15(8-12)25-10-24-14)22-23-19(17)26-9-13-4-2-3-7-20-13/h2-8H,9-10H2,1H3. The summed E-state index contributed by atoms with van der Waals surface area (Å²) in [6, 6.07) is 11.7. The van der Waals surface area contributed by atoms with Crippen LogP contribution in [0.5, 0.6) is 11.5 Å². The molecule has 0 N–H and O–H groups in total. The van der Waals surface area contributed by atoms with Gasteiger partial charge in [0.2, 0.25) is 6.79 Å². The zero-order chi connectivity index (χ0) is 18.2. The largest absolute Gasteiger partial charge is 0.454 e. The van der Waals surface area contributed by atoms with Crippen LogP contribution in [0, 0.1) is 6.92 Å². The Balaban J connectivity index is 1.54. The summed E-state index contributed by atoms with van der Waals surface area (Å²) in [5.74, 6) is 2.22. The van der Waals surface area contributed by atoms with Gasteiger partial charge in [-0.05, 0) is 37.3 Å². The molecule has 134 valence electrons.